The lowest BCUT2D eigenvalue weighted by atomic mass is 10.2. The molecule has 2 heterocycles. The van der Waals surface area contributed by atoms with Crippen molar-refractivity contribution in [1.29, 1.82) is 0 Å². The van der Waals surface area contributed by atoms with E-state index >= 15 is 0 Å². The van der Waals surface area contributed by atoms with E-state index in [4.69, 9.17) is 9.94 Å². The predicted octanol–water partition coefficient (Wildman–Crippen LogP) is 1.46. The van der Waals surface area contributed by atoms with Crippen molar-refractivity contribution in [2.45, 2.75) is 25.9 Å². The minimum Gasteiger partial charge on any atom is -0.411 e. The monoisotopic (exact) mass is 255 g/mol. The molecule has 2 rings (SSSR count). The zero-order valence-corrected chi connectivity index (χ0v) is 10.2. The lowest BCUT2D eigenvalue weighted by molar-refractivity contribution is -0.124. The molecule has 1 amide bonds. The van der Waals surface area contributed by atoms with Gasteiger partial charge in [-0.15, -0.1) is 11.3 Å². The molecule has 1 aliphatic rings. The molecule has 0 aliphatic carbocycles. The molecule has 1 aromatic rings. The average molecular weight is 255 g/mol. The summed E-state index contributed by atoms with van der Waals surface area (Å²) >= 11 is 1.29. The quantitative estimate of drug-likeness (QED) is 0.486. The zero-order valence-electron chi connectivity index (χ0n) is 9.34. The van der Waals surface area contributed by atoms with Gasteiger partial charge in [-0.2, -0.15) is 0 Å². The highest BCUT2D eigenvalue weighted by molar-refractivity contribution is 7.14. The molecule has 1 aromatic heterocycles. The smallest absolute Gasteiger partial charge is 0.255 e. The van der Waals surface area contributed by atoms with Crippen LogP contribution in [0.1, 0.15) is 25.5 Å². The Bertz CT molecular complexity index is 438. The molecule has 2 N–H and O–H groups in total. The Balaban J connectivity index is 1.99. The molecule has 92 valence electrons. The summed E-state index contributed by atoms with van der Waals surface area (Å²) in [5, 5.41) is 16.6. The first-order valence-electron chi connectivity index (χ1n) is 5.27. The summed E-state index contributed by atoms with van der Waals surface area (Å²) < 4.78 is 5.26. The summed E-state index contributed by atoms with van der Waals surface area (Å²) in [6.45, 7) is 2.28. The van der Waals surface area contributed by atoms with Crippen LogP contribution in [0.25, 0.3) is 0 Å². The maximum Gasteiger partial charge on any atom is 0.255 e. The summed E-state index contributed by atoms with van der Waals surface area (Å²) in [6, 6.07) is 0. The van der Waals surface area contributed by atoms with Gasteiger partial charge in [-0.05, 0) is 19.8 Å². The van der Waals surface area contributed by atoms with E-state index < -0.39 is 0 Å². The topological polar surface area (TPSA) is 83.8 Å². The fourth-order valence-electron chi connectivity index (χ4n) is 1.52. The van der Waals surface area contributed by atoms with E-state index in [1.54, 1.807) is 12.3 Å². The summed E-state index contributed by atoms with van der Waals surface area (Å²) in [7, 11) is 0. The van der Waals surface area contributed by atoms with Gasteiger partial charge in [-0.3, -0.25) is 10.1 Å². The number of nitrogens with one attached hydrogen (secondary N) is 1. The number of ether oxygens (including phenoxy) is 1. The highest BCUT2D eigenvalue weighted by Gasteiger charge is 2.24. The second-order valence-electron chi connectivity index (χ2n) is 3.71. The van der Waals surface area contributed by atoms with Crippen LogP contribution in [0.5, 0.6) is 0 Å². The lowest BCUT2D eigenvalue weighted by Gasteiger charge is -2.07. The van der Waals surface area contributed by atoms with E-state index in [1.807, 2.05) is 0 Å². The van der Waals surface area contributed by atoms with Gasteiger partial charge in [0, 0.05) is 12.0 Å². The van der Waals surface area contributed by atoms with Crippen molar-refractivity contribution in [3.8, 4) is 0 Å². The Kier molecular flexibility index (Phi) is 3.70. The Morgan fingerprint density at radius 2 is 2.59 bits per heavy atom. The van der Waals surface area contributed by atoms with Crippen LogP contribution in [-0.2, 0) is 9.53 Å². The molecule has 0 radical (unpaired) electrons. The number of carbonyl (C=O) groups excluding carboxylic acids is 1. The number of rotatable bonds is 3. The average Bonchev–Trinajstić information content (AvgIpc) is 2.98. The number of anilines is 1. The molecule has 17 heavy (non-hydrogen) atoms. The van der Waals surface area contributed by atoms with Gasteiger partial charge in [0.1, 0.15) is 17.5 Å². The molecule has 0 bridgehead atoms. The third-order valence-corrected chi connectivity index (χ3v) is 3.23. The molecule has 1 aliphatic heterocycles. The molecule has 1 fully saturated rings. The number of carbonyl (C=O) groups is 1. The standard InChI is InChI=1S/C10H13N3O3S/c1-6(13-15)7-5-17-10(11-7)12-9(14)8-3-2-4-16-8/h5,8,15H,2-4H2,1H3,(H,11,12,14). The van der Waals surface area contributed by atoms with Crippen molar-refractivity contribution in [3.05, 3.63) is 11.1 Å². The van der Waals surface area contributed by atoms with Gasteiger partial charge in [-0.1, -0.05) is 5.16 Å². The van der Waals surface area contributed by atoms with Crippen molar-refractivity contribution in [1.82, 2.24) is 4.98 Å². The van der Waals surface area contributed by atoms with Crippen molar-refractivity contribution in [2.24, 2.45) is 5.16 Å². The van der Waals surface area contributed by atoms with Crippen LogP contribution in [0.2, 0.25) is 0 Å². The van der Waals surface area contributed by atoms with Crippen molar-refractivity contribution in [3.63, 3.8) is 0 Å². The van der Waals surface area contributed by atoms with Gasteiger partial charge < -0.3 is 9.94 Å². The predicted molar refractivity (Wildman–Crippen MR) is 63.7 cm³/mol. The largest absolute Gasteiger partial charge is 0.411 e. The molecular weight excluding hydrogens is 242 g/mol. The van der Waals surface area contributed by atoms with Crippen LogP contribution < -0.4 is 5.32 Å². The van der Waals surface area contributed by atoms with Crippen LogP contribution in [0.15, 0.2) is 10.5 Å². The van der Waals surface area contributed by atoms with E-state index in [1.165, 1.54) is 11.3 Å². The van der Waals surface area contributed by atoms with Crippen LogP contribution in [-0.4, -0.2) is 34.5 Å². The first-order valence-corrected chi connectivity index (χ1v) is 6.15. The molecule has 1 saturated heterocycles. The van der Waals surface area contributed by atoms with Crippen molar-refractivity contribution < 1.29 is 14.7 Å². The number of thiazole rings is 1. The van der Waals surface area contributed by atoms with E-state index in [-0.39, 0.29) is 12.0 Å². The summed E-state index contributed by atoms with van der Waals surface area (Å²) in [5.41, 5.74) is 0.971. The van der Waals surface area contributed by atoms with Crippen LogP contribution >= 0.6 is 11.3 Å². The number of oxime groups is 1. The number of hydrogen-bond acceptors (Lipinski definition) is 6. The second kappa shape index (κ2) is 5.24. The minimum absolute atomic E-state index is 0.165. The fraction of sp³-hybridized carbons (Fsp3) is 0.500. The molecule has 0 aromatic carbocycles. The number of hydrogen-bond donors (Lipinski definition) is 2. The van der Waals surface area contributed by atoms with Gasteiger partial charge in [0.2, 0.25) is 0 Å². The molecule has 7 heteroatoms. The second-order valence-corrected chi connectivity index (χ2v) is 4.57. The molecule has 6 nitrogen and oxygen atoms in total. The van der Waals surface area contributed by atoms with Crippen LogP contribution in [0.4, 0.5) is 5.13 Å². The Morgan fingerprint density at radius 3 is 3.24 bits per heavy atom. The first kappa shape index (κ1) is 12.0. The summed E-state index contributed by atoms with van der Waals surface area (Å²) in [4.78, 5) is 15.8. The normalized spacial score (nSPS) is 20.5. The minimum atomic E-state index is -0.366. The Morgan fingerprint density at radius 1 is 1.76 bits per heavy atom. The Labute approximate surface area is 102 Å². The first-order chi connectivity index (χ1) is 8.20. The zero-order chi connectivity index (χ0) is 12.3. The molecular formula is C10H13N3O3S. The highest BCUT2D eigenvalue weighted by atomic mass is 32.1. The molecule has 1 unspecified atom stereocenters. The molecule has 1 atom stereocenters. The SMILES string of the molecule is CC(=NO)c1csc(NC(=O)C2CCCO2)n1. The van der Waals surface area contributed by atoms with E-state index in [0.717, 1.165) is 12.8 Å². The lowest BCUT2D eigenvalue weighted by Crippen LogP contribution is -2.26. The van der Waals surface area contributed by atoms with Gasteiger partial charge in [0.25, 0.3) is 5.91 Å². The third-order valence-electron chi connectivity index (χ3n) is 2.48. The number of nitrogens with zero attached hydrogens (tertiary/aromatic N) is 2. The van der Waals surface area contributed by atoms with Gasteiger partial charge in [0.15, 0.2) is 5.13 Å². The van der Waals surface area contributed by atoms with Crippen molar-refractivity contribution >= 4 is 28.1 Å². The highest BCUT2D eigenvalue weighted by Crippen LogP contribution is 2.19. The maximum atomic E-state index is 11.7. The van der Waals surface area contributed by atoms with Crippen LogP contribution in [0.3, 0.4) is 0 Å². The van der Waals surface area contributed by atoms with Gasteiger partial charge in [0.05, 0.1) is 0 Å². The molecule has 0 spiro atoms. The van der Waals surface area contributed by atoms with Crippen molar-refractivity contribution in [2.75, 3.05) is 11.9 Å². The summed E-state index contributed by atoms with van der Waals surface area (Å²) in [6.07, 6.45) is 1.30. The van der Waals surface area contributed by atoms with Gasteiger partial charge in [-0.25, -0.2) is 4.98 Å². The third kappa shape index (κ3) is 2.80. The van der Waals surface area contributed by atoms with E-state index in [9.17, 15) is 4.79 Å². The summed E-state index contributed by atoms with van der Waals surface area (Å²) in [5.74, 6) is -0.165. The maximum absolute atomic E-state index is 11.7. The van der Waals surface area contributed by atoms with E-state index in [2.05, 4.69) is 15.5 Å². The number of aromatic nitrogens is 1. The van der Waals surface area contributed by atoms with Gasteiger partial charge >= 0.3 is 0 Å². The molecule has 0 saturated carbocycles. The Hall–Kier alpha value is -1.47. The number of amides is 1. The fourth-order valence-corrected chi connectivity index (χ4v) is 2.28. The van der Waals surface area contributed by atoms with Crippen LogP contribution in [0, 0.1) is 0 Å². The van der Waals surface area contributed by atoms with E-state index in [0.29, 0.717) is 23.1 Å².